The van der Waals surface area contributed by atoms with Gasteiger partial charge in [0.05, 0.1) is 50.1 Å². The van der Waals surface area contributed by atoms with E-state index >= 15 is 0 Å². The molecule has 1 fully saturated rings. The van der Waals surface area contributed by atoms with Crippen molar-refractivity contribution in [3.05, 3.63) is 108 Å². The summed E-state index contributed by atoms with van der Waals surface area (Å²) in [7, 11) is 0. The number of nitrogens with one attached hydrogen (secondary N) is 2. The average Bonchev–Trinajstić information content (AvgIpc) is 3.82. The fourth-order valence-corrected chi connectivity index (χ4v) is 8.24. The summed E-state index contributed by atoms with van der Waals surface area (Å²) in [5, 5.41) is 27.1. The molecule has 4 aromatic carbocycles. The van der Waals surface area contributed by atoms with Crippen molar-refractivity contribution in [3.63, 3.8) is 0 Å². The molecule has 4 N–H and O–H groups in total. The van der Waals surface area contributed by atoms with Gasteiger partial charge in [0.1, 0.15) is 48.4 Å². The molecule has 15 heteroatoms. The summed E-state index contributed by atoms with van der Waals surface area (Å²) >= 11 is 1.45. The Morgan fingerprint density at radius 1 is 0.841 bits per heavy atom. The van der Waals surface area contributed by atoms with E-state index in [1.807, 2.05) is 58.9 Å². The second-order valence-corrected chi connectivity index (χ2v) is 17.6. The van der Waals surface area contributed by atoms with Gasteiger partial charge < -0.3 is 49.4 Å². The second kappa shape index (κ2) is 21.7. The maximum Gasteiger partial charge on any atom is 0.246 e. The number of ether oxygens (including phenoxy) is 5. The van der Waals surface area contributed by atoms with Crippen molar-refractivity contribution < 1.29 is 52.7 Å². The number of amides is 3. The standard InChI is InChI=1S/C48H56FN3O10S/c1-30-6-8-32(9-7-30)31(2)50-46(56)40-26-36(54)28-52(40)47(57)45(48(3,4)5)51-42(55)29-60-23-22-58-20-21-59-24-25-61-37-15-17-38(18-16-37)62-43-39-19-14-35(53)27-41(39)63-44(43)33-10-12-34(49)13-11-33/h6-19,27,31,36,40,45,53-54H,20-26,28-29H2,1-5H3,(H,50,56)(H,51,55)/t31-,36+,40-,45+/m0/s1. The van der Waals surface area contributed by atoms with Crippen LogP contribution in [0.3, 0.4) is 0 Å². The molecule has 1 aliphatic heterocycles. The fourth-order valence-electron chi connectivity index (χ4n) is 7.07. The molecule has 1 aromatic heterocycles. The first-order valence-corrected chi connectivity index (χ1v) is 21.8. The topological polar surface area (TPSA) is 165 Å². The highest BCUT2D eigenvalue weighted by Gasteiger charge is 2.44. The quantitative estimate of drug-likeness (QED) is 0.0583. The summed E-state index contributed by atoms with van der Waals surface area (Å²) in [6.07, 6.45) is -0.767. The molecule has 63 heavy (non-hydrogen) atoms. The number of aliphatic hydroxyl groups is 1. The Labute approximate surface area is 371 Å². The molecule has 0 unspecified atom stereocenters. The maximum absolute atomic E-state index is 13.9. The number of aromatic hydroxyl groups is 1. The van der Waals surface area contributed by atoms with Crippen molar-refractivity contribution in [2.45, 2.75) is 65.3 Å². The van der Waals surface area contributed by atoms with E-state index in [-0.39, 0.29) is 56.3 Å². The van der Waals surface area contributed by atoms with Crippen LogP contribution in [-0.2, 0) is 28.6 Å². The van der Waals surface area contributed by atoms with Gasteiger partial charge in [-0.15, -0.1) is 11.3 Å². The monoisotopic (exact) mass is 885 g/mol. The number of hydrogen-bond acceptors (Lipinski definition) is 11. The van der Waals surface area contributed by atoms with Crippen molar-refractivity contribution in [1.82, 2.24) is 15.5 Å². The van der Waals surface area contributed by atoms with Gasteiger partial charge in [-0.25, -0.2) is 4.39 Å². The molecular formula is C48H56FN3O10S. The minimum atomic E-state index is -0.965. The van der Waals surface area contributed by atoms with E-state index in [1.54, 1.807) is 54.6 Å². The number of thiophene rings is 1. The average molecular weight is 886 g/mol. The number of fused-ring (bicyclic) bond motifs is 1. The number of halogens is 1. The summed E-state index contributed by atoms with van der Waals surface area (Å²) in [6.45, 7) is 10.6. The Balaban J connectivity index is 0.860. The molecule has 4 atom stereocenters. The van der Waals surface area contributed by atoms with Crippen LogP contribution in [0.15, 0.2) is 91.0 Å². The summed E-state index contributed by atoms with van der Waals surface area (Å²) < 4.78 is 43.3. The number of aryl methyl sites for hydroxylation is 1. The molecule has 0 saturated carbocycles. The number of hydrogen-bond donors (Lipinski definition) is 4. The Morgan fingerprint density at radius 3 is 2.14 bits per heavy atom. The van der Waals surface area contributed by atoms with Gasteiger partial charge in [-0.3, -0.25) is 14.4 Å². The lowest BCUT2D eigenvalue weighted by atomic mass is 9.85. The van der Waals surface area contributed by atoms with Gasteiger partial charge in [-0.1, -0.05) is 62.7 Å². The van der Waals surface area contributed by atoms with E-state index in [9.17, 15) is 29.0 Å². The highest BCUT2D eigenvalue weighted by Crippen LogP contribution is 2.47. The SMILES string of the molecule is Cc1ccc([C@H](C)NC(=O)[C@@H]2C[C@@H](O)CN2C(=O)[C@@H](NC(=O)COCCOCCOCCOc2ccc(Oc3c(-c4ccc(F)cc4)sc4cc(O)ccc34)cc2)C(C)(C)C)cc1. The Kier molecular flexibility index (Phi) is 16.1. The molecule has 5 aromatic rings. The van der Waals surface area contributed by atoms with Gasteiger partial charge in [0, 0.05) is 23.1 Å². The minimum Gasteiger partial charge on any atom is -0.508 e. The van der Waals surface area contributed by atoms with Crippen LogP contribution in [0.1, 0.15) is 51.3 Å². The summed E-state index contributed by atoms with van der Waals surface area (Å²) in [4.78, 5) is 42.4. The number of nitrogens with zero attached hydrogens (tertiary/aromatic N) is 1. The molecule has 1 saturated heterocycles. The van der Waals surface area contributed by atoms with Gasteiger partial charge in [0.15, 0.2) is 5.75 Å². The first-order valence-electron chi connectivity index (χ1n) is 21.0. The van der Waals surface area contributed by atoms with Gasteiger partial charge in [-0.2, -0.15) is 0 Å². The first kappa shape index (κ1) is 46.9. The Hall–Kier alpha value is -5.58. The van der Waals surface area contributed by atoms with Crippen LogP contribution in [0.25, 0.3) is 20.5 Å². The third-order valence-electron chi connectivity index (χ3n) is 10.5. The van der Waals surface area contributed by atoms with Crippen LogP contribution in [-0.4, -0.2) is 104 Å². The van der Waals surface area contributed by atoms with E-state index in [0.29, 0.717) is 43.7 Å². The number of carbonyl (C=O) groups is 3. The van der Waals surface area contributed by atoms with Gasteiger partial charge in [0.2, 0.25) is 17.7 Å². The highest BCUT2D eigenvalue weighted by atomic mass is 32.1. The zero-order valence-corrected chi connectivity index (χ0v) is 37.0. The van der Waals surface area contributed by atoms with Crippen LogP contribution >= 0.6 is 11.3 Å². The lowest BCUT2D eigenvalue weighted by Gasteiger charge is -2.35. The highest BCUT2D eigenvalue weighted by molar-refractivity contribution is 7.22. The third kappa shape index (κ3) is 13.0. The molecule has 6 rings (SSSR count). The fraction of sp³-hybridized carbons (Fsp3) is 0.396. The van der Waals surface area contributed by atoms with Gasteiger partial charge in [0.25, 0.3) is 0 Å². The smallest absolute Gasteiger partial charge is 0.246 e. The minimum absolute atomic E-state index is 0.0146. The van der Waals surface area contributed by atoms with Crippen LogP contribution < -0.4 is 20.1 Å². The van der Waals surface area contributed by atoms with Crippen molar-refractivity contribution in [3.8, 4) is 33.4 Å². The molecule has 0 aliphatic carbocycles. The van der Waals surface area contributed by atoms with Crippen LogP contribution in [0, 0.1) is 18.2 Å². The third-order valence-corrected chi connectivity index (χ3v) is 11.7. The van der Waals surface area contributed by atoms with Gasteiger partial charge >= 0.3 is 0 Å². The predicted octanol–water partition coefficient (Wildman–Crippen LogP) is 7.31. The molecule has 1 aliphatic rings. The van der Waals surface area contributed by atoms with E-state index in [4.69, 9.17) is 23.7 Å². The lowest BCUT2D eigenvalue weighted by Crippen LogP contribution is -2.58. The molecule has 0 radical (unpaired) electrons. The molecule has 0 spiro atoms. The lowest BCUT2D eigenvalue weighted by molar-refractivity contribution is -0.144. The number of phenolic OH excluding ortho intramolecular Hbond substituents is 1. The number of carbonyl (C=O) groups excluding carboxylic acids is 3. The van der Waals surface area contributed by atoms with E-state index in [2.05, 4.69) is 10.6 Å². The second-order valence-electron chi connectivity index (χ2n) is 16.6. The molecule has 0 bridgehead atoms. The Morgan fingerprint density at radius 2 is 1.48 bits per heavy atom. The molecule has 13 nitrogen and oxygen atoms in total. The van der Waals surface area contributed by atoms with Crippen LogP contribution in [0.4, 0.5) is 4.39 Å². The summed E-state index contributed by atoms with van der Waals surface area (Å²) in [6, 6.07) is 24.1. The van der Waals surface area contributed by atoms with Crippen LogP contribution in [0.2, 0.25) is 0 Å². The number of rotatable bonds is 20. The number of β-amino-alcohol motifs (C(OH)–C–C–N with tert-alkyl or cyclic N) is 1. The predicted molar refractivity (Wildman–Crippen MR) is 239 cm³/mol. The molecule has 3 amide bonds. The summed E-state index contributed by atoms with van der Waals surface area (Å²) in [5.74, 6) is 0.348. The largest absolute Gasteiger partial charge is 0.508 e. The van der Waals surface area contributed by atoms with E-state index in [1.165, 1.54) is 28.4 Å². The van der Waals surface area contributed by atoms with E-state index in [0.717, 1.165) is 31.7 Å². The zero-order chi connectivity index (χ0) is 45.1. The Bertz CT molecular complexity index is 2300. The van der Waals surface area contributed by atoms with Crippen molar-refractivity contribution >= 4 is 39.1 Å². The molecule has 336 valence electrons. The number of aliphatic hydroxyl groups excluding tert-OH is 1. The first-order chi connectivity index (χ1) is 30.2. The van der Waals surface area contributed by atoms with Crippen molar-refractivity contribution in [1.29, 1.82) is 0 Å². The number of phenols is 1. The number of benzene rings is 4. The number of likely N-dealkylation sites (tertiary alicyclic amines) is 1. The van der Waals surface area contributed by atoms with Crippen molar-refractivity contribution in [2.75, 3.05) is 52.8 Å². The zero-order valence-electron chi connectivity index (χ0n) is 36.2. The summed E-state index contributed by atoms with van der Waals surface area (Å²) in [5.41, 5.74) is 2.13. The van der Waals surface area contributed by atoms with Gasteiger partial charge in [-0.05, 0) is 85.0 Å². The van der Waals surface area contributed by atoms with E-state index < -0.39 is 35.4 Å². The van der Waals surface area contributed by atoms with Crippen LogP contribution in [0.5, 0.6) is 23.0 Å². The maximum atomic E-state index is 13.9. The normalized spacial score (nSPS) is 16.1. The molecule has 2 heterocycles. The van der Waals surface area contributed by atoms with Crippen molar-refractivity contribution in [2.24, 2.45) is 5.41 Å². The molecular weight excluding hydrogens is 830 g/mol.